The summed E-state index contributed by atoms with van der Waals surface area (Å²) < 4.78 is 0.654. The van der Waals surface area contributed by atoms with Gasteiger partial charge < -0.3 is 20.2 Å². The van der Waals surface area contributed by atoms with E-state index in [1.165, 1.54) is 11.3 Å². The van der Waals surface area contributed by atoms with Crippen LogP contribution in [0.15, 0.2) is 17.1 Å². The minimum atomic E-state index is -0.681. The van der Waals surface area contributed by atoms with Gasteiger partial charge in [-0.3, -0.25) is 9.79 Å². The fourth-order valence-corrected chi connectivity index (χ4v) is 3.87. The molecule has 2 N–H and O–H groups in total. The summed E-state index contributed by atoms with van der Waals surface area (Å²) in [6.07, 6.45) is 1.59. The van der Waals surface area contributed by atoms with Gasteiger partial charge in [-0.15, -0.1) is 11.3 Å². The van der Waals surface area contributed by atoms with Crippen molar-refractivity contribution in [1.82, 2.24) is 15.1 Å². The molecule has 1 saturated heterocycles. The lowest BCUT2D eigenvalue weighted by molar-refractivity contribution is -0.135. The van der Waals surface area contributed by atoms with Gasteiger partial charge >= 0.3 is 0 Å². The predicted octanol–water partition coefficient (Wildman–Crippen LogP) is 1.71. The van der Waals surface area contributed by atoms with Crippen LogP contribution in [0.25, 0.3) is 0 Å². The SMILES string of the molecule is CCNC(=NCC(O)c1ccc(Cl)s1)N1CCN(C2CC2)C(=O)C1. The number of piperazine rings is 1. The first-order chi connectivity index (χ1) is 11.6. The van der Waals surface area contributed by atoms with Gasteiger partial charge in [0.15, 0.2) is 5.96 Å². The summed E-state index contributed by atoms with van der Waals surface area (Å²) in [5.74, 6) is 0.850. The first kappa shape index (κ1) is 17.5. The molecule has 0 aromatic carbocycles. The number of thiophene rings is 1. The molecule has 3 rings (SSSR count). The second-order valence-corrected chi connectivity index (χ2v) is 7.84. The number of nitrogens with one attached hydrogen (secondary N) is 1. The Labute approximate surface area is 151 Å². The first-order valence-electron chi connectivity index (χ1n) is 8.34. The van der Waals surface area contributed by atoms with Gasteiger partial charge in [0.2, 0.25) is 5.91 Å². The van der Waals surface area contributed by atoms with Crippen LogP contribution < -0.4 is 5.32 Å². The Balaban J connectivity index is 1.62. The topological polar surface area (TPSA) is 68.2 Å². The Kier molecular flexibility index (Phi) is 5.63. The highest BCUT2D eigenvalue weighted by molar-refractivity contribution is 7.16. The lowest BCUT2D eigenvalue weighted by Crippen LogP contribution is -2.55. The van der Waals surface area contributed by atoms with Crippen LogP contribution in [0, 0.1) is 0 Å². The molecule has 1 saturated carbocycles. The second-order valence-electron chi connectivity index (χ2n) is 6.09. The van der Waals surface area contributed by atoms with Crippen molar-refractivity contribution < 1.29 is 9.90 Å². The lowest BCUT2D eigenvalue weighted by Gasteiger charge is -2.36. The zero-order chi connectivity index (χ0) is 17.1. The van der Waals surface area contributed by atoms with Gasteiger partial charge in [-0.05, 0) is 31.9 Å². The molecule has 8 heteroatoms. The normalized spacial score (nSPS) is 20.5. The number of aliphatic hydroxyl groups excluding tert-OH is 1. The molecule has 2 heterocycles. The van der Waals surface area contributed by atoms with E-state index in [1.54, 1.807) is 6.07 Å². The standard InChI is InChI=1S/C16H23ClN4O2S/c1-2-18-16(19-9-12(22)13-5-6-14(17)24-13)20-7-8-21(11-3-4-11)15(23)10-20/h5-6,11-12,22H,2-4,7-10H2,1H3,(H,18,19). The maximum Gasteiger partial charge on any atom is 0.242 e. The number of nitrogens with zero attached hydrogens (tertiary/aromatic N) is 3. The Morgan fingerprint density at radius 1 is 1.50 bits per heavy atom. The largest absolute Gasteiger partial charge is 0.386 e. The van der Waals surface area contributed by atoms with Crippen LogP contribution >= 0.6 is 22.9 Å². The van der Waals surface area contributed by atoms with Crippen molar-refractivity contribution in [2.75, 3.05) is 32.7 Å². The van der Waals surface area contributed by atoms with E-state index in [4.69, 9.17) is 11.6 Å². The third-order valence-corrected chi connectivity index (χ3v) is 5.55. The number of aliphatic hydroxyl groups is 1. The number of hydrogen-bond donors (Lipinski definition) is 2. The lowest BCUT2D eigenvalue weighted by atomic mass is 10.3. The molecule has 0 radical (unpaired) electrons. The molecule has 24 heavy (non-hydrogen) atoms. The zero-order valence-corrected chi connectivity index (χ0v) is 15.3. The summed E-state index contributed by atoms with van der Waals surface area (Å²) >= 11 is 7.27. The maximum atomic E-state index is 12.3. The number of halogens is 1. The van der Waals surface area contributed by atoms with E-state index in [1.807, 2.05) is 22.8 Å². The molecule has 2 aliphatic rings. The summed E-state index contributed by atoms with van der Waals surface area (Å²) in [5.41, 5.74) is 0. The molecule has 132 valence electrons. The van der Waals surface area contributed by atoms with Gasteiger partial charge in [-0.2, -0.15) is 0 Å². The predicted molar refractivity (Wildman–Crippen MR) is 96.6 cm³/mol. The van der Waals surface area contributed by atoms with Crippen molar-refractivity contribution in [3.8, 4) is 0 Å². The van der Waals surface area contributed by atoms with Gasteiger partial charge in [0.25, 0.3) is 0 Å². The number of amides is 1. The van der Waals surface area contributed by atoms with E-state index in [-0.39, 0.29) is 12.5 Å². The Bertz CT molecular complexity index is 617. The summed E-state index contributed by atoms with van der Waals surface area (Å²) in [7, 11) is 0. The Hall–Kier alpha value is -1.31. The highest BCUT2D eigenvalue weighted by Gasteiger charge is 2.36. The molecule has 1 atom stereocenters. The number of carbonyl (C=O) groups excluding carboxylic acids is 1. The second kappa shape index (κ2) is 7.72. The van der Waals surface area contributed by atoms with Crippen molar-refractivity contribution in [1.29, 1.82) is 0 Å². The number of rotatable bonds is 5. The minimum Gasteiger partial charge on any atom is -0.386 e. The zero-order valence-electron chi connectivity index (χ0n) is 13.7. The van der Waals surface area contributed by atoms with Crippen molar-refractivity contribution in [3.63, 3.8) is 0 Å². The van der Waals surface area contributed by atoms with Crippen LogP contribution in [0.4, 0.5) is 0 Å². The van der Waals surface area contributed by atoms with Gasteiger partial charge in [-0.25, -0.2) is 0 Å². The van der Waals surface area contributed by atoms with Crippen LogP contribution in [0.3, 0.4) is 0 Å². The van der Waals surface area contributed by atoms with Crippen molar-refractivity contribution in [3.05, 3.63) is 21.3 Å². The smallest absolute Gasteiger partial charge is 0.242 e. The quantitative estimate of drug-likeness (QED) is 0.611. The Morgan fingerprint density at radius 2 is 2.29 bits per heavy atom. The van der Waals surface area contributed by atoms with Gasteiger partial charge in [0.05, 0.1) is 17.4 Å². The number of hydrogen-bond acceptors (Lipinski definition) is 4. The fourth-order valence-electron chi connectivity index (χ4n) is 2.84. The summed E-state index contributed by atoms with van der Waals surface area (Å²) in [5, 5.41) is 13.5. The molecule has 6 nitrogen and oxygen atoms in total. The first-order valence-corrected chi connectivity index (χ1v) is 9.54. The van der Waals surface area contributed by atoms with Crippen LogP contribution in [0.1, 0.15) is 30.7 Å². The third kappa shape index (κ3) is 4.20. The fraction of sp³-hybridized carbons (Fsp3) is 0.625. The van der Waals surface area contributed by atoms with Crippen LogP contribution in [0.2, 0.25) is 4.34 Å². The monoisotopic (exact) mass is 370 g/mol. The van der Waals surface area contributed by atoms with Gasteiger partial charge in [0.1, 0.15) is 6.10 Å². The van der Waals surface area contributed by atoms with E-state index < -0.39 is 6.10 Å². The highest BCUT2D eigenvalue weighted by atomic mass is 35.5. The van der Waals surface area contributed by atoms with Gasteiger partial charge in [-0.1, -0.05) is 11.6 Å². The van der Waals surface area contributed by atoms with Crippen molar-refractivity contribution in [2.45, 2.75) is 31.9 Å². The molecule has 1 aromatic heterocycles. The molecule has 1 unspecified atom stereocenters. The third-order valence-electron chi connectivity index (χ3n) is 4.22. The van der Waals surface area contributed by atoms with Crippen LogP contribution in [-0.2, 0) is 4.79 Å². The molecule has 1 aromatic rings. The summed E-state index contributed by atoms with van der Waals surface area (Å²) in [4.78, 5) is 21.6. The van der Waals surface area contributed by atoms with Crippen LogP contribution in [-0.4, -0.2) is 65.5 Å². The highest BCUT2D eigenvalue weighted by Crippen LogP contribution is 2.28. The number of aliphatic imine (C=N–C) groups is 1. The molecular formula is C16H23ClN4O2S. The molecule has 1 aliphatic carbocycles. The van der Waals surface area contributed by atoms with E-state index in [9.17, 15) is 9.90 Å². The molecule has 2 fully saturated rings. The maximum absolute atomic E-state index is 12.3. The van der Waals surface area contributed by atoms with Crippen molar-refractivity contribution >= 4 is 34.8 Å². The van der Waals surface area contributed by atoms with Gasteiger partial charge in [0, 0.05) is 30.6 Å². The Morgan fingerprint density at radius 3 is 2.88 bits per heavy atom. The molecule has 1 amide bonds. The number of guanidine groups is 1. The summed E-state index contributed by atoms with van der Waals surface area (Å²) in [6.45, 7) is 4.83. The van der Waals surface area contributed by atoms with Crippen molar-refractivity contribution in [2.24, 2.45) is 4.99 Å². The molecule has 0 spiro atoms. The molecule has 1 aliphatic heterocycles. The van der Waals surface area contributed by atoms with Crippen LogP contribution in [0.5, 0.6) is 0 Å². The average molecular weight is 371 g/mol. The van der Waals surface area contributed by atoms with E-state index in [0.717, 1.165) is 37.4 Å². The summed E-state index contributed by atoms with van der Waals surface area (Å²) in [6, 6.07) is 4.05. The van der Waals surface area contributed by atoms with E-state index in [2.05, 4.69) is 10.3 Å². The average Bonchev–Trinajstić information content (AvgIpc) is 3.31. The number of carbonyl (C=O) groups is 1. The molecular weight excluding hydrogens is 348 g/mol. The van der Waals surface area contributed by atoms with E-state index in [0.29, 0.717) is 22.9 Å². The minimum absolute atomic E-state index is 0.167. The van der Waals surface area contributed by atoms with E-state index >= 15 is 0 Å². The molecule has 0 bridgehead atoms.